The van der Waals surface area contributed by atoms with Crippen molar-refractivity contribution < 1.29 is 23.9 Å². The summed E-state index contributed by atoms with van der Waals surface area (Å²) >= 11 is 0. The Bertz CT molecular complexity index is 1560. The van der Waals surface area contributed by atoms with Crippen molar-refractivity contribution in [3.63, 3.8) is 0 Å². The molecule has 1 aromatic heterocycles. The van der Waals surface area contributed by atoms with Crippen LogP contribution in [0.15, 0.2) is 97.3 Å². The van der Waals surface area contributed by atoms with Gasteiger partial charge in [-0.25, -0.2) is 14.0 Å². The maximum absolute atomic E-state index is 14.3. The molecule has 0 bridgehead atoms. The average molecular weight is 538 g/mol. The molecule has 4 atom stereocenters. The number of aliphatic carboxylic acids is 1. The number of anilines is 1. The number of aromatic nitrogens is 1. The first-order valence-electron chi connectivity index (χ1n) is 12.9. The smallest absolute Gasteiger partial charge is 0.327 e. The van der Waals surface area contributed by atoms with Crippen molar-refractivity contribution in [3.8, 4) is 0 Å². The molecule has 0 radical (unpaired) electrons. The minimum Gasteiger partial charge on any atom is -0.480 e. The number of benzene rings is 3. The van der Waals surface area contributed by atoms with Crippen LogP contribution in [-0.4, -0.2) is 38.8 Å². The van der Waals surface area contributed by atoms with E-state index >= 15 is 0 Å². The van der Waals surface area contributed by atoms with E-state index in [-0.39, 0.29) is 5.78 Å². The summed E-state index contributed by atoms with van der Waals surface area (Å²) in [6.45, 7) is 3.74. The number of amides is 2. The number of aryl methyl sites for hydroxylation is 2. The second kappa shape index (κ2) is 11.1. The quantitative estimate of drug-likeness (QED) is 0.287. The molecule has 8 heteroatoms. The van der Waals surface area contributed by atoms with Crippen molar-refractivity contribution in [2.45, 2.75) is 31.8 Å². The SMILES string of the molecule is Cc1cccc(NC(=O)N2C(C(=O)O)C(c3ccc(F)cc3)C(C(=O)c3cccc(C)c3)C2c2cccnc2)c1. The van der Waals surface area contributed by atoms with Gasteiger partial charge in [0.05, 0.1) is 12.0 Å². The molecule has 1 aliphatic rings. The number of Topliss-reactive ketones (excluding diaryl/α,β-unsaturated/α-hetero) is 1. The van der Waals surface area contributed by atoms with Crippen LogP contribution in [0, 0.1) is 25.6 Å². The van der Waals surface area contributed by atoms with Gasteiger partial charge in [0.2, 0.25) is 0 Å². The Hall–Kier alpha value is -4.85. The normalized spacial score (nSPS) is 20.2. The summed E-state index contributed by atoms with van der Waals surface area (Å²) in [5, 5.41) is 13.4. The number of pyridine rings is 1. The van der Waals surface area contributed by atoms with Gasteiger partial charge in [-0.2, -0.15) is 0 Å². The van der Waals surface area contributed by atoms with E-state index < -0.39 is 41.7 Å². The fourth-order valence-electron chi connectivity index (χ4n) is 5.64. The van der Waals surface area contributed by atoms with E-state index in [1.54, 1.807) is 60.9 Å². The van der Waals surface area contributed by atoms with Gasteiger partial charge in [0.1, 0.15) is 11.9 Å². The maximum Gasteiger partial charge on any atom is 0.327 e. The molecule has 4 unspecified atom stereocenters. The molecule has 202 valence electrons. The fourth-order valence-corrected chi connectivity index (χ4v) is 5.64. The third-order valence-corrected chi connectivity index (χ3v) is 7.31. The molecule has 5 rings (SSSR count). The zero-order valence-electron chi connectivity index (χ0n) is 22.0. The third kappa shape index (κ3) is 5.20. The van der Waals surface area contributed by atoms with Crippen molar-refractivity contribution in [2.75, 3.05) is 5.32 Å². The number of nitrogens with zero attached hydrogens (tertiary/aromatic N) is 2. The van der Waals surface area contributed by atoms with E-state index in [9.17, 15) is 23.9 Å². The average Bonchev–Trinajstić information content (AvgIpc) is 3.30. The summed E-state index contributed by atoms with van der Waals surface area (Å²) in [6.07, 6.45) is 3.11. The molecule has 2 N–H and O–H groups in total. The van der Waals surface area contributed by atoms with Crippen LogP contribution in [0.1, 0.15) is 44.6 Å². The molecule has 0 aliphatic carbocycles. The Morgan fingerprint density at radius 3 is 2.20 bits per heavy atom. The van der Waals surface area contributed by atoms with Crippen molar-refractivity contribution in [1.29, 1.82) is 0 Å². The number of urea groups is 1. The Balaban J connectivity index is 1.72. The van der Waals surface area contributed by atoms with Crippen molar-refractivity contribution in [2.24, 2.45) is 5.92 Å². The highest BCUT2D eigenvalue weighted by Crippen LogP contribution is 2.51. The topological polar surface area (TPSA) is 99.6 Å². The summed E-state index contributed by atoms with van der Waals surface area (Å²) in [5.74, 6) is -4.06. The lowest BCUT2D eigenvalue weighted by molar-refractivity contribution is -0.142. The maximum atomic E-state index is 14.3. The third-order valence-electron chi connectivity index (χ3n) is 7.31. The van der Waals surface area contributed by atoms with Gasteiger partial charge in [-0.05, 0) is 66.9 Å². The predicted octanol–water partition coefficient (Wildman–Crippen LogP) is 6.16. The first kappa shape index (κ1) is 26.7. The van der Waals surface area contributed by atoms with E-state index in [0.29, 0.717) is 22.4 Å². The van der Waals surface area contributed by atoms with E-state index in [4.69, 9.17) is 0 Å². The molecule has 1 fully saturated rings. The lowest BCUT2D eigenvalue weighted by Crippen LogP contribution is -2.45. The Morgan fingerprint density at radius 1 is 0.875 bits per heavy atom. The first-order chi connectivity index (χ1) is 19.2. The number of hydrogen-bond acceptors (Lipinski definition) is 4. The molecule has 1 aliphatic heterocycles. The van der Waals surface area contributed by atoms with Gasteiger partial charge in [-0.3, -0.25) is 9.78 Å². The Kier molecular flexibility index (Phi) is 7.42. The lowest BCUT2D eigenvalue weighted by Gasteiger charge is -2.30. The minimum atomic E-state index is -1.43. The van der Waals surface area contributed by atoms with Crippen LogP contribution in [0.5, 0.6) is 0 Å². The second-order valence-electron chi connectivity index (χ2n) is 10.1. The highest BCUT2D eigenvalue weighted by Gasteiger charge is 2.57. The van der Waals surface area contributed by atoms with Crippen LogP contribution < -0.4 is 5.32 Å². The van der Waals surface area contributed by atoms with Crippen LogP contribution in [-0.2, 0) is 4.79 Å². The summed E-state index contributed by atoms with van der Waals surface area (Å²) in [7, 11) is 0. The van der Waals surface area contributed by atoms with Gasteiger partial charge in [0, 0.05) is 29.6 Å². The molecule has 0 saturated carbocycles. The number of ketones is 1. The molecule has 1 saturated heterocycles. The van der Waals surface area contributed by atoms with E-state index in [0.717, 1.165) is 11.1 Å². The van der Waals surface area contributed by atoms with Gasteiger partial charge in [0.25, 0.3) is 0 Å². The van der Waals surface area contributed by atoms with Gasteiger partial charge < -0.3 is 15.3 Å². The fraction of sp³-hybridized carbons (Fsp3) is 0.188. The molecule has 3 aromatic carbocycles. The van der Waals surface area contributed by atoms with E-state index in [1.807, 2.05) is 26.0 Å². The van der Waals surface area contributed by atoms with Crippen molar-refractivity contribution >= 4 is 23.5 Å². The lowest BCUT2D eigenvalue weighted by atomic mass is 9.76. The minimum absolute atomic E-state index is 0.316. The van der Waals surface area contributed by atoms with Crippen LogP contribution in [0.2, 0.25) is 0 Å². The summed E-state index contributed by atoms with van der Waals surface area (Å²) in [6, 6.07) is 20.0. The monoisotopic (exact) mass is 537 g/mol. The number of hydrogen-bond donors (Lipinski definition) is 2. The zero-order valence-corrected chi connectivity index (χ0v) is 22.0. The number of carboxylic acid groups (broad SMARTS) is 1. The summed E-state index contributed by atoms with van der Waals surface area (Å²) in [5.41, 5.74) is 3.63. The number of halogens is 1. The van der Waals surface area contributed by atoms with Crippen molar-refractivity contribution in [3.05, 3.63) is 131 Å². The highest BCUT2D eigenvalue weighted by molar-refractivity contribution is 6.02. The van der Waals surface area contributed by atoms with Crippen LogP contribution >= 0.6 is 0 Å². The van der Waals surface area contributed by atoms with E-state index in [2.05, 4.69) is 10.3 Å². The number of carbonyl (C=O) groups excluding carboxylic acids is 2. The summed E-state index contributed by atoms with van der Waals surface area (Å²) in [4.78, 5) is 46.7. The number of carboxylic acids is 1. The predicted molar refractivity (Wildman–Crippen MR) is 149 cm³/mol. The standard InChI is InChI=1S/C32H28FN3O4/c1-19-6-3-8-22(16-19)30(37)27-26(21-11-13-24(33)14-12-21)29(31(38)39)36(28(27)23-9-5-15-34-18-23)32(40)35-25-10-4-7-20(2)17-25/h3-18,26-29H,1-2H3,(H,35,40)(H,38,39). The van der Waals surface area contributed by atoms with Gasteiger partial charge >= 0.3 is 12.0 Å². The van der Waals surface area contributed by atoms with Gasteiger partial charge in [-0.15, -0.1) is 0 Å². The van der Waals surface area contributed by atoms with Crippen LogP contribution in [0.4, 0.5) is 14.9 Å². The molecule has 0 spiro atoms. The second-order valence-corrected chi connectivity index (χ2v) is 10.1. The first-order valence-corrected chi connectivity index (χ1v) is 12.9. The molecule has 4 aromatic rings. The largest absolute Gasteiger partial charge is 0.480 e. The number of rotatable bonds is 6. The van der Waals surface area contributed by atoms with Gasteiger partial charge in [-0.1, -0.05) is 54.1 Å². The Morgan fingerprint density at radius 2 is 1.57 bits per heavy atom. The van der Waals surface area contributed by atoms with Crippen molar-refractivity contribution in [1.82, 2.24) is 9.88 Å². The highest BCUT2D eigenvalue weighted by atomic mass is 19.1. The molecule has 40 heavy (non-hydrogen) atoms. The van der Waals surface area contributed by atoms with Gasteiger partial charge in [0.15, 0.2) is 5.78 Å². The van der Waals surface area contributed by atoms with Crippen LogP contribution in [0.3, 0.4) is 0 Å². The van der Waals surface area contributed by atoms with Crippen LogP contribution in [0.25, 0.3) is 0 Å². The molecule has 7 nitrogen and oxygen atoms in total. The molecule has 2 heterocycles. The number of carbonyl (C=O) groups is 3. The molecule has 2 amide bonds. The number of nitrogens with one attached hydrogen (secondary N) is 1. The number of likely N-dealkylation sites (tertiary alicyclic amines) is 1. The molecular formula is C32H28FN3O4. The zero-order chi connectivity index (χ0) is 28.4. The Labute approximate surface area is 231 Å². The summed E-state index contributed by atoms with van der Waals surface area (Å²) < 4.78 is 13.9. The van der Waals surface area contributed by atoms with E-state index in [1.165, 1.54) is 29.2 Å². The molecular weight excluding hydrogens is 509 g/mol.